The van der Waals surface area contributed by atoms with Crippen LogP contribution in [0.3, 0.4) is 0 Å². The molecule has 3 fully saturated rings. The Morgan fingerprint density at radius 2 is 1.70 bits per heavy atom. The monoisotopic (exact) mass is 452 g/mol. The Labute approximate surface area is 198 Å². The molecule has 3 saturated carbocycles. The molecule has 2 bridgehead atoms. The van der Waals surface area contributed by atoms with E-state index in [1.165, 1.54) is 25.7 Å². The van der Waals surface area contributed by atoms with Crippen molar-refractivity contribution in [2.75, 3.05) is 0 Å². The molecule has 4 nitrogen and oxygen atoms in total. The highest BCUT2D eigenvalue weighted by molar-refractivity contribution is 6.15. The number of fused-ring (bicyclic) bond motifs is 1. The maximum atomic E-state index is 12.4. The van der Waals surface area contributed by atoms with E-state index < -0.39 is 11.4 Å². The third kappa shape index (κ3) is 3.74. The smallest absolute Gasteiger partial charge is 0.335 e. The molecule has 0 amide bonds. The zero-order chi connectivity index (χ0) is 24.4. The Bertz CT molecular complexity index is 980. The van der Waals surface area contributed by atoms with E-state index >= 15 is 0 Å². The lowest BCUT2D eigenvalue weighted by atomic mass is 9.58. The molecule has 3 aliphatic carbocycles. The van der Waals surface area contributed by atoms with Gasteiger partial charge >= 0.3 is 11.9 Å². The number of carboxylic acid groups (broad SMARTS) is 1. The van der Waals surface area contributed by atoms with E-state index in [4.69, 9.17) is 4.74 Å². The maximum absolute atomic E-state index is 12.4. The minimum absolute atomic E-state index is 0.130. The second kappa shape index (κ2) is 7.71. The van der Waals surface area contributed by atoms with Crippen LogP contribution in [0, 0.1) is 39.4 Å². The van der Waals surface area contributed by atoms with Gasteiger partial charge in [0.2, 0.25) is 0 Å². The van der Waals surface area contributed by atoms with Crippen molar-refractivity contribution in [1.82, 2.24) is 0 Å². The lowest BCUT2D eigenvalue weighted by molar-refractivity contribution is -0.143. The molecule has 0 aliphatic heterocycles. The number of aliphatic carboxylic acids is 1. The number of carbonyl (C=O) groups excluding carboxylic acids is 1. The highest BCUT2D eigenvalue weighted by Crippen LogP contribution is 2.76. The molecule has 0 saturated heterocycles. The molecule has 0 radical (unpaired) electrons. The van der Waals surface area contributed by atoms with Gasteiger partial charge in [-0.2, -0.15) is 0 Å². The molecular formula is C29H40O4. The largest absolute Gasteiger partial charge is 0.478 e. The van der Waals surface area contributed by atoms with Crippen molar-refractivity contribution in [3.05, 3.63) is 35.9 Å². The fourth-order valence-electron chi connectivity index (χ4n) is 7.69. The summed E-state index contributed by atoms with van der Waals surface area (Å²) in [6, 6.07) is 6.93. The second-order valence-electron chi connectivity index (χ2n) is 12.8. The summed E-state index contributed by atoms with van der Waals surface area (Å²) in [5, 5.41) is 10.2. The Morgan fingerprint density at radius 1 is 1.06 bits per heavy atom. The van der Waals surface area contributed by atoms with Crippen molar-refractivity contribution < 1.29 is 19.4 Å². The number of benzene rings is 1. The van der Waals surface area contributed by atoms with Crippen LogP contribution in [0.4, 0.5) is 0 Å². The summed E-state index contributed by atoms with van der Waals surface area (Å²) in [4.78, 5) is 24.6. The fraction of sp³-hybridized carbons (Fsp3) is 0.655. The maximum Gasteiger partial charge on any atom is 0.335 e. The molecule has 0 unspecified atom stereocenters. The molecule has 0 aromatic heterocycles. The summed E-state index contributed by atoms with van der Waals surface area (Å²) >= 11 is 0. The van der Waals surface area contributed by atoms with E-state index in [0.29, 0.717) is 34.1 Å². The number of hydrogen-bond acceptors (Lipinski definition) is 3. The molecule has 1 aromatic carbocycles. The van der Waals surface area contributed by atoms with Crippen molar-refractivity contribution in [1.29, 1.82) is 0 Å². The third-order valence-corrected chi connectivity index (χ3v) is 9.61. The van der Waals surface area contributed by atoms with Crippen LogP contribution in [0.5, 0.6) is 5.75 Å². The van der Waals surface area contributed by atoms with Crippen molar-refractivity contribution in [3.8, 4) is 5.75 Å². The molecule has 1 spiro atoms. The predicted octanol–water partition coefficient (Wildman–Crippen LogP) is 6.98. The van der Waals surface area contributed by atoms with Gasteiger partial charge in [-0.3, -0.25) is 4.79 Å². The van der Waals surface area contributed by atoms with E-state index in [2.05, 4.69) is 33.8 Å². The Hall–Kier alpha value is -2.10. The molecule has 1 aromatic rings. The van der Waals surface area contributed by atoms with Gasteiger partial charge in [0.05, 0.1) is 11.0 Å². The van der Waals surface area contributed by atoms with Crippen LogP contribution < -0.4 is 4.74 Å². The summed E-state index contributed by atoms with van der Waals surface area (Å²) in [5.41, 5.74) is 0.801. The quantitative estimate of drug-likeness (QED) is 0.304. The minimum atomic E-state index is -0.895. The first-order valence-electron chi connectivity index (χ1n) is 12.5. The first-order valence-corrected chi connectivity index (χ1v) is 12.5. The van der Waals surface area contributed by atoms with Crippen LogP contribution in [0.2, 0.25) is 0 Å². The van der Waals surface area contributed by atoms with Gasteiger partial charge in [-0.15, -0.1) is 0 Å². The van der Waals surface area contributed by atoms with Crippen LogP contribution in [0.1, 0.15) is 86.1 Å². The zero-order valence-corrected chi connectivity index (χ0v) is 21.3. The average Bonchev–Trinajstić information content (AvgIpc) is 3.10. The van der Waals surface area contributed by atoms with E-state index in [0.717, 1.165) is 12.3 Å². The van der Waals surface area contributed by atoms with Gasteiger partial charge in [0.25, 0.3) is 0 Å². The third-order valence-electron chi connectivity index (χ3n) is 9.61. The van der Waals surface area contributed by atoms with Gasteiger partial charge in [-0.25, -0.2) is 4.79 Å². The fourth-order valence-corrected chi connectivity index (χ4v) is 7.69. The van der Waals surface area contributed by atoms with Gasteiger partial charge in [0.1, 0.15) is 5.75 Å². The number of esters is 1. The van der Waals surface area contributed by atoms with Gasteiger partial charge in [-0.05, 0) is 105 Å². The highest BCUT2D eigenvalue weighted by atomic mass is 16.5. The van der Waals surface area contributed by atoms with Crippen molar-refractivity contribution in [3.63, 3.8) is 0 Å². The number of ether oxygens (including phenoxy) is 1. The number of hydrogen-bond donors (Lipinski definition) is 1. The normalized spacial score (nSPS) is 35.2. The van der Waals surface area contributed by atoms with Crippen molar-refractivity contribution >= 4 is 17.5 Å². The van der Waals surface area contributed by atoms with E-state index in [9.17, 15) is 14.7 Å². The van der Waals surface area contributed by atoms with Gasteiger partial charge < -0.3 is 9.84 Å². The Balaban J connectivity index is 1.67. The van der Waals surface area contributed by atoms with Crippen molar-refractivity contribution in [2.45, 2.75) is 80.6 Å². The van der Waals surface area contributed by atoms with Crippen LogP contribution in [0.15, 0.2) is 30.3 Å². The van der Waals surface area contributed by atoms with Crippen LogP contribution in [-0.4, -0.2) is 17.0 Å². The Morgan fingerprint density at radius 3 is 2.27 bits per heavy atom. The average molecular weight is 453 g/mol. The molecule has 0 heterocycles. The highest BCUT2D eigenvalue weighted by Gasteiger charge is 2.68. The van der Waals surface area contributed by atoms with Gasteiger partial charge in [0.15, 0.2) is 0 Å². The van der Waals surface area contributed by atoms with E-state index in [-0.39, 0.29) is 16.8 Å². The first-order chi connectivity index (χ1) is 15.2. The molecule has 5 atom stereocenters. The summed E-state index contributed by atoms with van der Waals surface area (Å²) in [6.45, 7) is 15.1. The van der Waals surface area contributed by atoms with Crippen LogP contribution in [0.25, 0.3) is 5.57 Å². The van der Waals surface area contributed by atoms with Crippen LogP contribution >= 0.6 is 0 Å². The number of rotatable bonds is 4. The summed E-state index contributed by atoms with van der Waals surface area (Å²) in [5.74, 6) is 1.35. The minimum Gasteiger partial charge on any atom is -0.478 e. The van der Waals surface area contributed by atoms with E-state index in [1.807, 2.05) is 20.8 Å². The topological polar surface area (TPSA) is 63.6 Å². The molecule has 4 heteroatoms. The lowest BCUT2D eigenvalue weighted by Gasteiger charge is -2.46. The number of carbonyl (C=O) groups is 2. The molecule has 1 N–H and O–H groups in total. The van der Waals surface area contributed by atoms with Gasteiger partial charge in [-0.1, -0.05) is 45.9 Å². The van der Waals surface area contributed by atoms with E-state index in [1.54, 1.807) is 24.3 Å². The summed E-state index contributed by atoms with van der Waals surface area (Å²) in [7, 11) is 0. The van der Waals surface area contributed by atoms with Crippen molar-refractivity contribution in [2.24, 2.45) is 39.4 Å². The first kappa shape index (κ1) is 24.0. The molecular weight excluding hydrogens is 412 g/mol. The molecule has 33 heavy (non-hydrogen) atoms. The number of carboxylic acids is 1. The Kier molecular flexibility index (Phi) is 5.62. The van der Waals surface area contributed by atoms with Crippen LogP contribution in [-0.2, 0) is 9.59 Å². The molecule has 3 aliphatic rings. The molecule has 180 valence electrons. The SMILES string of the molecule is C[C@@H]1CC[C@]23C[C@H]1C(C)(C)[C@@H]2CC[C@]3(C)/C=C(/C(=O)O)c1ccc(OC(=O)C(C)(C)C)cc1. The lowest BCUT2D eigenvalue weighted by Crippen LogP contribution is -2.39. The summed E-state index contributed by atoms with van der Waals surface area (Å²) in [6.07, 6.45) is 7.95. The standard InChI is InChI=1S/C29H40O4/c1-18-12-15-29-17-22(18)27(5,6)23(29)13-14-28(29,7)16-21(24(30)31)19-8-10-20(11-9-19)33-25(32)26(2,3)4/h8-11,16,18,22-23H,12-15,17H2,1-7H3,(H,30,31)/b21-16+/t18-,22-,23+,28-,29+/m1/s1. The number of allylic oxidation sites excluding steroid dienone is 1. The predicted molar refractivity (Wildman–Crippen MR) is 131 cm³/mol. The zero-order valence-electron chi connectivity index (χ0n) is 21.3. The second-order valence-corrected chi connectivity index (χ2v) is 12.8. The summed E-state index contributed by atoms with van der Waals surface area (Å²) < 4.78 is 5.46. The van der Waals surface area contributed by atoms with Gasteiger partial charge in [0, 0.05) is 0 Å². The molecule has 4 rings (SSSR count).